The highest BCUT2D eigenvalue weighted by Gasteiger charge is 2.29. The van der Waals surface area contributed by atoms with Crippen LogP contribution < -0.4 is 5.73 Å². The molecule has 3 heteroatoms. The third-order valence-electron chi connectivity index (χ3n) is 2.53. The van der Waals surface area contributed by atoms with Crippen LogP contribution in [0.2, 0.25) is 0 Å². The highest BCUT2D eigenvalue weighted by molar-refractivity contribution is 5.80. The number of aliphatic carboxylic acids is 1. The van der Waals surface area contributed by atoms with Crippen molar-refractivity contribution in [2.45, 2.75) is 26.2 Å². The highest BCUT2D eigenvalue weighted by Crippen LogP contribution is 2.26. The monoisotopic (exact) mass is 193 g/mol. The molecule has 0 atom stereocenters. The van der Waals surface area contributed by atoms with E-state index >= 15 is 0 Å². The molecule has 0 bridgehead atoms. The lowest BCUT2D eigenvalue weighted by molar-refractivity contribution is -0.142. The number of hydrogen-bond donors (Lipinski definition) is 2. The SMILES string of the molecule is Cc1cc(C(C)(C)C(=O)O)ccc1N. The number of benzene rings is 1. The number of anilines is 1. The van der Waals surface area contributed by atoms with Gasteiger partial charge in [-0.25, -0.2) is 0 Å². The van der Waals surface area contributed by atoms with Crippen molar-refractivity contribution < 1.29 is 9.90 Å². The molecule has 1 aromatic carbocycles. The van der Waals surface area contributed by atoms with E-state index in [9.17, 15) is 4.79 Å². The van der Waals surface area contributed by atoms with Gasteiger partial charge in [0.1, 0.15) is 0 Å². The normalized spacial score (nSPS) is 11.4. The maximum absolute atomic E-state index is 11.0. The highest BCUT2D eigenvalue weighted by atomic mass is 16.4. The standard InChI is InChI=1S/C11H15NO2/c1-7-6-8(4-5-9(7)12)11(2,3)10(13)14/h4-6H,12H2,1-3H3,(H,13,14). The summed E-state index contributed by atoms with van der Waals surface area (Å²) in [5.74, 6) is -0.832. The fourth-order valence-corrected chi connectivity index (χ4v) is 1.19. The average molecular weight is 193 g/mol. The molecule has 0 heterocycles. The van der Waals surface area contributed by atoms with Crippen LogP contribution in [-0.2, 0) is 10.2 Å². The van der Waals surface area contributed by atoms with Crippen LogP contribution in [0.5, 0.6) is 0 Å². The summed E-state index contributed by atoms with van der Waals surface area (Å²) < 4.78 is 0. The Morgan fingerprint density at radius 1 is 1.43 bits per heavy atom. The lowest BCUT2D eigenvalue weighted by Gasteiger charge is -2.20. The molecule has 0 radical (unpaired) electrons. The van der Waals surface area contributed by atoms with Crippen molar-refractivity contribution in [3.05, 3.63) is 29.3 Å². The lowest BCUT2D eigenvalue weighted by atomic mass is 9.84. The van der Waals surface area contributed by atoms with E-state index in [-0.39, 0.29) is 0 Å². The Balaban J connectivity index is 3.21. The molecule has 0 saturated heterocycles. The fraction of sp³-hybridized carbons (Fsp3) is 0.364. The summed E-state index contributed by atoms with van der Waals surface area (Å²) >= 11 is 0. The zero-order valence-electron chi connectivity index (χ0n) is 8.66. The van der Waals surface area contributed by atoms with E-state index in [4.69, 9.17) is 10.8 Å². The van der Waals surface area contributed by atoms with Crippen LogP contribution in [0, 0.1) is 6.92 Å². The van der Waals surface area contributed by atoms with Crippen LogP contribution in [0.25, 0.3) is 0 Å². The predicted octanol–water partition coefficient (Wildman–Crippen LogP) is 1.94. The van der Waals surface area contributed by atoms with E-state index in [0.717, 1.165) is 11.1 Å². The van der Waals surface area contributed by atoms with Gasteiger partial charge >= 0.3 is 5.97 Å². The van der Waals surface area contributed by atoms with E-state index < -0.39 is 11.4 Å². The van der Waals surface area contributed by atoms with Crippen LogP contribution in [0.3, 0.4) is 0 Å². The van der Waals surface area contributed by atoms with Crippen molar-refractivity contribution in [3.63, 3.8) is 0 Å². The third kappa shape index (κ3) is 1.71. The molecular formula is C11H15NO2. The quantitative estimate of drug-likeness (QED) is 0.705. The number of carbonyl (C=O) groups is 1. The maximum Gasteiger partial charge on any atom is 0.313 e. The summed E-state index contributed by atoms with van der Waals surface area (Å²) in [5.41, 5.74) is 7.18. The number of carboxylic acids is 1. The van der Waals surface area contributed by atoms with Gasteiger partial charge in [-0.15, -0.1) is 0 Å². The number of rotatable bonds is 2. The largest absolute Gasteiger partial charge is 0.481 e. The molecule has 1 rings (SSSR count). The molecule has 0 amide bonds. The topological polar surface area (TPSA) is 63.3 Å². The Morgan fingerprint density at radius 3 is 2.43 bits per heavy atom. The number of carboxylic acid groups (broad SMARTS) is 1. The average Bonchev–Trinajstić information content (AvgIpc) is 2.09. The molecule has 3 N–H and O–H groups in total. The summed E-state index contributed by atoms with van der Waals surface area (Å²) in [7, 11) is 0. The zero-order chi connectivity index (χ0) is 10.9. The van der Waals surface area contributed by atoms with Crippen molar-refractivity contribution in [1.29, 1.82) is 0 Å². The van der Waals surface area contributed by atoms with Crippen LogP contribution in [0.1, 0.15) is 25.0 Å². The molecule has 0 unspecified atom stereocenters. The fourth-order valence-electron chi connectivity index (χ4n) is 1.19. The maximum atomic E-state index is 11.0. The Morgan fingerprint density at radius 2 is 2.00 bits per heavy atom. The van der Waals surface area contributed by atoms with Crippen LogP contribution in [-0.4, -0.2) is 11.1 Å². The number of aryl methyl sites for hydroxylation is 1. The first-order valence-electron chi connectivity index (χ1n) is 4.45. The number of hydrogen-bond acceptors (Lipinski definition) is 2. The molecule has 0 spiro atoms. The molecule has 76 valence electrons. The molecule has 0 fully saturated rings. The van der Waals surface area contributed by atoms with Crippen LogP contribution in [0.4, 0.5) is 5.69 Å². The Labute approximate surface area is 83.6 Å². The summed E-state index contributed by atoms with van der Waals surface area (Å²) in [4.78, 5) is 11.0. The molecule has 3 nitrogen and oxygen atoms in total. The third-order valence-corrected chi connectivity index (χ3v) is 2.53. The first kappa shape index (κ1) is 10.6. The number of nitrogen functional groups attached to an aromatic ring is 1. The van der Waals surface area contributed by atoms with E-state index in [1.807, 2.05) is 13.0 Å². The summed E-state index contributed by atoms with van der Waals surface area (Å²) in [5, 5.41) is 9.02. The van der Waals surface area contributed by atoms with Crippen molar-refractivity contribution in [1.82, 2.24) is 0 Å². The minimum absolute atomic E-state index is 0.690. The predicted molar refractivity (Wildman–Crippen MR) is 56.3 cm³/mol. The Bertz CT molecular complexity index is 370. The van der Waals surface area contributed by atoms with E-state index in [0.29, 0.717) is 5.69 Å². The molecule has 14 heavy (non-hydrogen) atoms. The first-order chi connectivity index (χ1) is 6.35. The van der Waals surface area contributed by atoms with Crippen LogP contribution in [0.15, 0.2) is 18.2 Å². The van der Waals surface area contributed by atoms with Crippen molar-refractivity contribution in [2.24, 2.45) is 0 Å². The van der Waals surface area contributed by atoms with E-state index in [1.54, 1.807) is 26.0 Å². The van der Waals surface area contributed by atoms with Gasteiger partial charge in [0.05, 0.1) is 5.41 Å². The van der Waals surface area contributed by atoms with Crippen molar-refractivity contribution >= 4 is 11.7 Å². The van der Waals surface area contributed by atoms with Crippen molar-refractivity contribution in [3.8, 4) is 0 Å². The molecule has 0 aliphatic heterocycles. The Kier molecular flexibility index (Phi) is 2.51. The molecule has 0 aromatic heterocycles. The van der Waals surface area contributed by atoms with Gasteiger partial charge in [-0.1, -0.05) is 12.1 Å². The van der Waals surface area contributed by atoms with Gasteiger partial charge in [0.25, 0.3) is 0 Å². The molecular weight excluding hydrogens is 178 g/mol. The van der Waals surface area contributed by atoms with Gasteiger partial charge in [0.2, 0.25) is 0 Å². The van der Waals surface area contributed by atoms with E-state index in [2.05, 4.69) is 0 Å². The first-order valence-corrected chi connectivity index (χ1v) is 4.45. The second-order valence-electron chi connectivity index (χ2n) is 4.00. The summed E-state index contributed by atoms with van der Waals surface area (Å²) in [6.07, 6.45) is 0. The molecule has 1 aromatic rings. The second-order valence-corrected chi connectivity index (χ2v) is 4.00. The van der Waals surface area contributed by atoms with Gasteiger partial charge in [-0.2, -0.15) is 0 Å². The lowest BCUT2D eigenvalue weighted by Crippen LogP contribution is -2.28. The van der Waals surface area contributed by atoms with Gasteiger partial charge in [0.15, 0.2) is 0 Å². The zero-order valence-corrected chi connectivity index (χ0v) is 8.66. The minimum Gasteiger partial charge on any atom is -0.481 e. The van der Waals surface area contributed by atoms with E-state index in [1.165, 1.54) is 0 Å². The van der Waals surface area contributed by atoms with Gasteiger partial charge < -0.3 is 10.8 Å². The van der Waals surface area contributed by atoms with Crippen LogP contribution >= 0.6 is 0 Å². The molecule has 0 aliphatic rings. The Hall–Kier alpha value is -1.51. The second kappa shape index (κ2) is 3.33. The smallest absolute Gasteiger partial charge is 0.313 e. The molecule has 0 aliphatic carbocycles. The minimum atomic E-state index is -0.863. The number of nitrogens with two attached hydrogens (primary N) is 1. The van der Waals surface area contributed by atoms with Gasteiger partial charge in [-0.05, 0) is 38.0 Å². The van der Waals surface area contributed by atoms with Gasteiger partial charge in [-0.3, -0.25) is 4.79 Å². The summed E-state index contributed by atoms with van der Waals surface area (Å²) in [6.45, 7) is 5.23. The molecule has 0 saturated carbocycles. The van der Waals surface area contributed by atoms with Crippen molar-refractivity contribution in [2.75, 3.05) is 5.73 Å². The van der Waals surface area contributed by atoms with Gasteiger partial charge in [0, 0.05) is 5.69 Å². The summed E-state index contributed by atoms with van der Waals surface area (Å²) in [6, 6.07) is 5.33.